The van der Waals surface area contributed by atoms with E-state index >= 15 is 0 Å². The molecule has 0 aliphatic rings. The minimum Gasteiger partial charge on any atom is -0.508 e. The van der Waals surface area contributed by atoms with Crippen molar-refractivity contribution >= 4 is 45.6 Å². The first kappa shape index (κ1) is 35.3. The highest BCUT2D eigenvalue weighted by atomic mass is 127. The lowest BCUT2D eigenvalue weighted by molar-refractivity contribution is 0.318. The lowest BCUT2D eigenvalue weighted by Gasteiger charge is -2.17. The summed E-state index contributed by atoms with van der Waals surface area (Å²) in [5.41, 5.74) is 22.7. The Kier molecular flexibility index (Phi) is 12.3. The van der Waals surface area contributed by atoms with E-state index in [-0.39, 0.29) is 23.2 Å². The number of phenolic OH excluding ortho intramolecular Hbond substituents is 2. The summed E-state index contributed by atoms with van der Waals surface area (Å²) < 4.78 is 0.924. The zero-order valence-electron chi connectivity index (χ0n) is 26.5. The molecular formula is C37H39IN4O4S. The fourth-order valence-electron chi connectivity index (χ4n) is 5.37. The number of aryl methyl sites for hydroxylation is 3. The van der Waals surface area contributed by atoms with Crippen LogP contribution in [0.3, 0.4) is 0 Å². The first-order chi connectivity index (χ1) is 22.6. The van der Waals surface area contributed by atoms with Gasteiger partial charge in [-0.3, -0.25) is 0 Å². The number of nitrogens with two attached hydrogens (primary N) is 2. The number of benzene rings is 4. The molecule has 0 fully saturated rings. The second kappa shape index (κ2) is 16.3. The van der Waals surface area contributed by atoms with E-state index in [1.54, 1.807) is 35.6 Å². The second-order valence-electron chi connectivity index (χ2n) is 11.1. The van der Waals surface area contributed by atoms with Gasteiger partial charge in [0, 0.05) is 20.3 Å². The maximum Gasteiger partial charge on any atom is 0.171 e. The van der Waals surface area contributed by atoms with Gasteiger partial charge in [0.25, 0.3) is 0 Å². The third-order valence-electron chi connectivity index (χ3n) is 7.66. The molecule has 1 aromatic heterocycles. The number of nitrogens with zero attached hydrogens (tertiary/aromatic N) is 2. The summed E-state index contributed by atoms with van der Waals surface area (Å²) >= 11 is 3.83. The molecule has 0 amide bonds. The van der Waals surface area contributed by atoms with Gasteiger partial charge in [-0.1, -0.05) is 73.4 Å². The molecular weight excluding hydrogens is 723 g/mol. The van der Waals surface area contributed by atoms with Crippen LogP contribution in [-0.4, -0.2) is 32.3 Å². The summed E-state index contributed by atoms with van der Waals surface area (Å²) in [7, 11) is 0. The zero-order chi connectivity index (χ0) is 34.1. The van der Waals surface area contributed by atoms with Gasteiger partial charge < -0.3 is 32.1 Å². The topological polar surface area (TPSA) is 158 Å². The summed E-state index contributed by atoms with van der Waals surface area (Å²) in [4.78, 5) is 0. The lowest BCUT2D eigenvalue weighted by Crippen LogP contribution is -2.15. The number of amidine groups is 2. The van der Waals surface area contributed by atoms with Crippen molar-refractivity contribution in [2.45, 2.75) is 46.5 Å². The van der Waals surface area contributed by atoms with Crippen molar-refractivity contribution in [2.75, 3.05) is 0 Å². The Morgan fingerprint density at radius 2 is 1.15 bits per heavy atom. The quantitative estimate of drug-likeness (QED) is 0.0290. The van der Waals surface area contributed by atoms with Crippen LogP contribution in [0.4, 0.5) is 0 Å². The first-order valence-electron chi connectivity index (χ1n) is 15.2. The Bertz CT molecular complexity index is 1880. The third kappa shape index (κ3) is 8.44. The maximum absolute atomic E-state index is 9.65. The molecule has 0 saturated heterocycles. The van der Waals surface area contributed by atoms with Crippen LogP contribution in [-0.2, 0) is 12.8 Å². The van der Waals surface area contributed by atoms with Gasteiger partial charge in [-0.05, 0) is 134 Å². The molecule has 0 saturated carbocycles. The standard InChI is InChI=1S/C21H22N2O2S.C16H17IN2O2/c1-3-4-14-9-17(15-5-7-16(24)8-6-15)20(18(10-14)21(22)23-25)19-12-26-11-13(19)2;1-2-3-10-8-13(11-4-6-12(20)7-5-11)15(17)14(9-10)16(18)19-21/h5-12,24-25H,3-4H2,1-2H3,(H2,22,23);4-9,20-21H,2-3H2,1H3,(H2,18,19). The summed E-state index contributed by atoms with van der Waals surface area (Å²) in [6.45, 7) is 6.30. The van der Waals surface area contributed by atoms with E-state index in [4.69, 9.17) is 16.7 Å². The largest absolute Gasteiger partial charge is 0.508 e. The van der Waals surface area contributed by atoms with Crippen LogP contribution in [0.25, 0.3) is 33.4 Å². The Labute approximate surface area is 292 Å². The smallest absolute Gasteiger partial charge is 0.171 e. The molecule has 0 radical (unpaired) electrons. The first-order valence-corrected chi connectivity index (χ1v) is 17.2. The number of aromatic hydroxyl groups is 2. The number of phenols is 2. The SMILES string of the molecule is CCCc1cc(C(N)=NO)c(-c2cscc2C)c(-c2ccc(O)cc2)c1.CCCc1cc(C(N)=NO)c(I)c(-c2ccc(O)cc2)c1. The van der Waals surface area contributed by atoms with E-state index in [9.17, 15) is 15.4 Å². The van der Waals surface area contributed by atoms with Crippen molar-refractivity contribution < 1.29 is 20.6 Å². The van der Waals surface area contributed by atoms with Gasteiger partial charge in [-0.2, -0.15) is 11.3 Å². The van der Waals surface area contributed by atoms with Gasteiger partial charge in [0.05, 0.1) is 0 Å². The number of hydrogen-bond acceptors (Lipinski definition) is 7. The lowest BCUT2D eigenvalue weighted by atomic mass is 9.87. The molecule has 47 heavy (non-hydrogen) atoms. The summed E-state index contributed by atoms with van der Waals surface area (Å²) in [5.74, 6) is 0.666. The highest BCUT2D eigenvalue weighted by Crippen LogP contribution is 2.40. The van der Waals surface area contributed by atoms with Crippen LogP contribution in [0.5, 0.6) is 11.5 Å². The molecule has 5 rings (SSSR count). The highest BCUT2D eigenvalue weighted by molar-refractivity contribution is 14.1. The Hall–Kier alpha value is -4.55. The van der Waals surface area contributed by atoms with E-state index in [1.165, 1.54) is 0 Å². The van der Waals surface area contributed by atoms with E-state index in [2.05, 4.69) is 76.6 Å². The summed E-state index contributed by atoms with van der Waals surface area (Å²) in [6, 6.07) is 22.4. The number of halogens is 1. The predicted octanol–water partition coefficient (Wildman–Crippen LogP) is 8.85. The molecule has 4 aromatic carbocycles. The molecule has 0 unspecified atom stereocenters. The fourth-order valence-corrected chi connectivity index (χ4v) is 7.11. The van der Waals surface area contributed by atoms with Crippen LogP contribution in [0.1, 0.15) is 54.5 Å². The fraction of sp³-hybridized carbons (Fsp3) is 0.189. The normalized spacial score (nSPS) is 11.7. The van der Waals surface area contributed by atoms with E-state index in [0.717, 1.165) is 90.5 Å². The maximum atomic E-state index is 9.65. The minimum absolute atomic E-state index is 0.101. The highest BCUT2D eigenvalue weighted by Gasteiger charge is 2.19. The number of oxime groups is 2. The van der Waals surface area contributed by atoms with Gasteiger partial charge in [0.1, 0.15) is 11.5 Å². The number of thiophene rings is 1. The molecule has 0 aliphatic carbocycles. The van der Waals surface area contributed by atoms with Crippen molar-refractivity contribution in [3.8, 4) is 44.9 Å². The number of rotatable bonds is 9. The predicted molar refractivity (Wildman–Crippen MR) is 201 cm³/mol. The van der Waals surface area contributed by atoms with Crippen molar-refractivity contribution in [1.82, 2.24) is 0 Å². The van der Waals surface area contributed by atoms with Crippen LogP contribution in [0, 0.1) is 10.5 Å². The molecule has 8 N–H and O–H groups in total. The Morgan fingerprint density at radius 3 is 1.62 bits per heavy atom. The van der Waals surface area contributed by atoms with E-state index in [1.807, 2.05) is 36.4 Å². The van der Waals surface area contributed by atoms with Crippen molar-refractivity contribution in [3.05, 3.63) is 115 Å². The van der Waals surface area contributed by atoms with Crippen LogP contribution >= 0.6 is 33.9 Å². The van der Waals surface area contributed by atoms with Crippen molar-refractivity contribution in [2.24, 2.45) is 21.8 Å². The minimum atomic E-state index is 0.101. The van der Waals surface area contributed by atoms with Gasteiger partial charge in [-0.15, -0.1) is 0 Å². The summed E-state index contributed by atoms with van der Waals surface area (Å²) in [5, 5.41) is 47.9. The van der Waals surface area contributed by atoms with Gasteiger partial charge >= 0.3 is 0 Å². The zero-order valence-corrected chi connectivity index (χ0v) is 29.5. The molecule has 10 heteroatoms. The van der Waals surface area contributed by atoms with Gasteiger partial charge in [0.15, 0.2) is 11.7 Å². The molecule has 0 aliphatic heterocycles. The van der Waals surface area contributed by atoms with Crippen molar-refractivity contribution in [1.29, 1.82) is 0 Å². The molecule has 1 heterocycles. The van der Waals surface area contributed by atoms with Crippen LogP contribution in [0.2, 0.25) is 0 Å². The van der Waals surface area contributed by atoms with Gasteiger partial charge in [0.2, 0.25) is 0 Å². The Balaban J connectivity index is 0.000000218. The van der Waals surface area contributed by atoms with Crippen molar-refractivity contribution in [3.63, 3.8) is 0 Å². The monoisotopic (exact) mass is 762 g/mol. The molecule has 5 aromatic rings. The third-order valence-corrected chi connectivity index (χ3v) is 9.68. The number of hydrogen-bond donors (Lipinski definition) is 6. The van der Waals surface area contributed by atoms with Crippen LogP contribution in [0.15, 0.2) is 93.9 Å². The molecule has 0 atom stereocenters. The van der Waals surface area contributed by atoms with E-state index in [0.29, 0.717) is 0 Å². The second-order valence-corrected chi connectivity index (χ2v) is 12.9. The Morgan fingerprint density at radius 1 is 0.681 bits per heavy atom. The molecule has 0 spiro atoms. The molecule has 8 nitrogen and oxygen atoms in total. The van der Waals surface area contributed by atoms with Crippen LogP contribution < -0.4 is 11.5 Å². The average molecular weight is 763 g/mol. The summed E-state index contributed by atoms with van der Waals surface area (Å²) in [6.07, 6.45) is 3.85. The molecule has 0 bridgehead atoms. The van der Waals surface area contributed by atoms with Gasteiger partial charge in [-0.25, -0.2) is 0 Å². The van der Waals surface area contributed by atoms with E-state index < -0.39 is 0 Å². The average Bonchev–Trinajstić information content (AvgIpc) is 3.50. The molecule has 244 valence electrons.